The molecule has 3 aliphatic rings. The van der Waals surface area contributed by atoms with Crippen LogP contribution in [0.25, 0.3) is 0 Å². The lowest BCUT2D eigenvalue weighted by atomic mass is 10.0. The van der Waals surface area contributed by atoms with Crippen molar-refractivity contribution in [1.82, 2.24) is 0 Å². The van der Waals surface area contributed by atoms with Crippen LogP contribution in [-0.4, -0.2) is 42.3 Å². The fraction of sp³-hybridized carbons (Fsp3) is 0.579. The fourth-order valence-corrected chi connectivity index (χ4v) is 8.51. The van der Waals surface area contributed by atoms with E-state index in [4.69, 9.17) is 23.2 Å². The molecule has 2 aliphatic heterocycles. The van der Waals surface area contributed by atoms with Crippen LogP contribution in [0.5, 0.6) is 0 Å². The molecule has 0 bridgehead atoms. The van der Waals surface area contributed by atoms with Crippen LogP contribution in [0.3, 0.4) is 0 Å². The summed E-state index contributed by atoms with van der Waals surface area (Å²) in [7, 11) is -3.10. The van der Waals surface area contributed by atoms with Gasteiger partial charge in [-0.3, -0.25) is 4.79 Å². The third kappa shape index (κ3) is 4.37. The molecule has 0 unspecified atom stereocenters. The van der Waals surface area contributed by atoms with Crippen LogP contribution in [0.4, 0.5) is 5.69 Å². The van der Waals surface area contributed by atoms with Gasteiger partial charge in [0.05, 0.1) is 27.6 Å². The van der Waals surface area contributed by atoms with Crippen LogP contribution in [0, 0.1) is 5.92 Å². The number of benzene rings is 1. The summed E-state index contributed by atoms with van der Waals surface area (Å²) >= 11 is 13.6. The van der Waals surface area contributed by atoms with E-state index in [9.17, 15) is 13.2 Å². The number of rotatable bonds is 4. The molecule has 1 aliphatic carbocycles. The minimum atomic E-state index is -3.10. The number of amides is 1. The number of halogens is 2. The Hall–Kier alpha value is -0.760. The maximum absolute atomic E-state index is 12.5. The van der Waals surface area contributed by atoms with Crippen LogP contribution in [-0.2, 0) is 14.6 Å². The monoisotopic (exact) mass is 460 g/mol. The molecule has 0 aromatic heterocycles. The molecular formula is C19H22Cl2N2O3S2. The Morgan fingerprint density at radius 2 is 1.93 bits per heavy atom. The van der Waals surface area contributed by atoms with Crippen molar-refractivity contribution >= 4 is 61.6 Å². The SMILES string of the molecule is O=C(CCC1CCCC1)N=C1S[C@H]2CS(=O)(=O)C[C@H]2N1c1ccc(Cl)c(Cl)c1. The summed E-state index contributed by atoms with van der Waals surface area (Å²) in [4.78, 5) is 18.7. The van der Waals surface area contributed by atoms with E-state index in [1.54, 1.807) is 18.2 Å². The van der Waals surface area contributed by atoms with Gasteiger partial charge in [-0.1, -0.05) is 60.6 Å². The maximum Gasteiger partial charge on any atom is 0.248 e. The van der Waals surface area contributed by atoms with E-state index in [2.05, 4.69) is 4.99 Å². The van der Waals surface area contributed by atoms with Gasteiger partial charge in [0.2, 0.25) is 5.91 Å². The van der Waals surface area contributed by atoms with Gasteiger partial charge in [-0.15, -0.1) is 0 Å². The van der Waals surface area contributed by atoms with E-state index in [0.717, 1.165) is 6.42 Å². The highest BCUT2D eigenvalue weighted by molar-refractivity contribution is 8.16. The smallest absolute Gasteiger partial charge is 0.248 e. The largest absolute Gasteiger partial charge is 0.316 e. The second-order valence-corrected chi connectivity index (χ2v) is 11.9. The molecule has 28 heavy (non-hydrogen) atoms. The van der Waals surface area contributed by atoms with E-state index >= 15 is 0 Å². The first-order chi connectivity index (χ1) is 13.3. The number of nitrogens with zero attached hydrogens (tertiary/aromatic N) is 2. The Morgan fingerprint density at radius 3 is 2.64 bits per heavy atom. The molecule has 9 heteroatoms. The van der Waals surface area contributed by atoms with Gasteiger partial charge in [-0.25, -0.2) is 8.42 Å². The van der Waals surface area contributed by atoms with Gasteiger partial charge >= 0.3 is 0 Å². The number of hydrogen-bond donors (Lipinski definition) is 0. The summed E-state index contributed by atoms with van der Waals surface area (Å²) in [6, 6.07) is 4.94. The minimum Gasteiger partial charge on any atom is -0.316 e. The molecule has 1 aromatic carbocycles. The molecule has 4 rings (SSSR count). The third-order valence-electron chi connectivity index (χ3n) is 5.71. The van der Waals surface area contributed by atoms with E-state index in [1.807, 2.05) is 4.90 Å². The number of carbonyl (C=O) groups is 1. The lowest BCUT2D eigenvalue weighted by molar-refractivity contribution is -0.118. The molecular weight excluding hydrogens is 439 g/mol. The van der Waals surface area contributed by atoms with E-state index < -0.39 is 9.84 Å². The number of sulfone groups is 1. The Morgan fingerprint density at radius 1 is 1.18 bits per heavy atom. The zero-order chi connectivity index (χ0) is 19.9. The van der Waals surface area contributed by atoms with Gasteiger partial charge in [0.15, 0.2) is 15.0 Å². The first-order valence-electron chi connectivity index (χ1n) is 9.55. The maximum atomic E-state index is 12.5. The summed E-state index contributed by atoms with van der Waals surface area (Å²) in [5.74, 6) is 0.661. The van der Waals surface area contributed by atoms with Crippen LogP contribution < -0.4 is 4.90 Å². The van der Waals surface area contributed by atoms with Crippen LogP contribution >= 0.6 is 35.0 Å². The summed E-state index contributed by atoms with van der Waals surface area (Å²) in [6.45, 7) is 0. The average Bonchev–Trinajstić information content (AvgIpc) is 3.30. The Labute approximate surface area is 179 Å². The molecule has 0 N–H and O–H groups in total. The van der Waals surface area contributed by atoms with Gasteiger partial charge in [0.1, 0.15) is 0 Å². The Bertz CT molecular complexity index is 914. The lowest BCUT2D eigenvalue weighted by Crippen LogP contribution is -2.37. The Kier molecular flexibility index (Phi) is 5.98. The highest BCUT2D eigenvalue weighted by Crippen LogP contribution is 2.42. The van der Waals surface area contributed by atoms with Crippen molar-refractivity contribution in [2.24, 2.45) is 10.9 Å². The van der Waals surface area contributed by atoms with Crippen molar-refractivity contribution in [1.29, 1.82) is 0 Å². The second kappa shape index (κ2) is 8.17. The van der Waals surface area contributed by atoms with Gasteiger partial charge < -0.3 is 4.90 Å². The molecule has 0 radical (unpaired) electrons. The molecule has 2 saturated heterocycles. The zero-order valence-corrected chi connectivity index (χ0v) is 18.5. The van der Waals surface area contributed by atoms with Gasteiger partial charge in [-0.2, -0.15) is 4.99 Å². The second-order valence-electron chi connectivity index (χ2n) is 7.75. The highest BCUT2D eigenvalue weighted by atomic mass is 35.5. The summed E-state index contributed by atoms with van der Waals surface area (Å²) < 4.78 is 24.3. The Balaban J connectivity index is 1.57. The summed E-state index contributed by atoms with van der Waals surface area (Å²) in [5, 5.41) is 1.26. The van der Waals surface area contributed by atoms with Crippen molar-refractivity contribution in [2.45, 2.75) is 49.8 Å². The van der Waals surface area contributed by atoms with Crippen molar-refractivity contribution in [3.8, 4) is 0 Å². The van der Waals surface area contributed by atoms with Crippen molar-refractivity contribution in [2.75, 3.05) is 16.4 Å². The van der Waals surface area contributed by atoms with Crippen LogP contribution in [0.1, 0.15) is 38.5 Å². The minimum absolute atomic E-state index is 0.0558. The fourth-order valence-electron chi connectivity index (χ4n) is 4.29. The van der Waals surface area contributed by atoms with E-state index in [1.165, 1.54) is 37.4 Å². The van der Waals surface area contributed by atoms with Gasteiger partial charge in [0.25, 0.3) is 0 Å². The molecule has 152 valence electrons. The number of carbonyl (C=O) groups excluding carboxylic acids is 1. The molecule has 2 heterocycles. The summed E-state index contributed by atoms with van der Waals surface area (Å²) in [5.41, 5.74) is 0.717. The first-order valence-corrected chi connectivity index (χ1v) is 13.0. The molecule has 1 saturated carbocycles. The number of amidine groups is 1. The predicted octanol–water partition coefficient (Wildman–Crippen LogP) is 4.57. The molecule has 0 spiro atoms. The van der Waals surface area contributed by atoms with Crippen molar-refractivity contribution in [3.63, 3.8) is 0 Å². The lowest BCUT2D eigenvalue weighted by Gasteiger charge is -2.24. The number of thioether (sulfide) groups is 1. The van der Waals surface area contributed by atoms with Gasteiger partial charge in [0, 0.05) is 17.4 Å². The van der Waals surface area contributed by atoms with Crippen LogP contribution in [0.15, 0.2) is 23.2 Å². The average molecular weight is 461 g/mol. The van der Waals surface area contributed by atoms with Crippen molar-refractivity contribution in [3.05, 3.63) is 28.2 Å². The number of anilines is 1. The predicted molar refractivity (Wildman–Crippen MR) is 116 cm³/mol. The molecule has 2 atom stereocenters. The number of fused-ring (bicyclic) bond motifs is 1. The quantitative estimate of drug-likeness (QED) is 0.658. The topological polar surface area (TPSA) is 66.8 Å². The zero-order valence-electron chi connectivity index (χ0n) is 15.3. The molecule has 1 aromatic rings. The van der Waals surface area contributed by atoms with Crippen molar-refractivity contribution < 1.29 is 13.2 Å². The van der Waals surface area contributed by atoms with Gasteiger partial charge in [-0.05, 0) is 30.5 Å². The molecule has 5 nitrogen and oxygen atoms in total. The summed E-state index contributed by atoms with van der Waals surface area (Å²) in [6.07, 6.45) is 6.25. The van der Waals surface area contributed by atoms with Crippen LogP contribution in [0.2, 0.25) is 10.0 Å². The first kappa shape index (κ1) is 20.5. The normalized spacial score (nSPS) is 28.2. The van der Waals surface area contributed by atoms with E-state index in [0.29, 0.717) is 33.2 Å². The third-order valence-corrected chi connectivity index (χ3v) is 9.66. The number of hydrogen-bond acceptors (Lipinski definition) is 4. The standard InChI is InChI=1S/C19H22Cl2N2O3S2/c20-14-7-6-13(9-15(14)21)23-16-10-28(25,26)11-17(16)27-19(23)22-18(24)8-5-12-3-1-2-4-12/h6-7,9,12,16-17H,1-5,8,10-11H2/t16-,17+/m1/s1. The highest BCUT2D eigenvalue weighted by Gasteiger charge is 2.49. The number of aliphatic imine (C=N–C) groups is 1. The van der Waals surface area contributed by atoms with E-state index in [-0.39, 0.29) is 28.7 Å². The molecule has 1 amide bonds. The molecule has 3 fully saturated rings.